The summed E-state index contributed by atoms with van der Waals surface area (Å²) in [5.41, 5.74) is 1.13. The van der Waals surface area contributed by atoms with Crippen molar-refractivity contribution in [3.05, 3.63) is 17.5 Å². The van der Waals surface area contributed by atoms with Gasteiger partial charge in [0.2, 0.25) is 16.0 Å². The first kappa shape index (κ1) is 17.6. The van der Waals surface area contributed by atoms with Crippen molar-refractivity contribution in [1.29, 1.82) is 0 Å². The number of piperidine rings is 1. The van der Waals surface area contributed by atoms with Crippen LogP contribution in [0.15, 0.2) is 6.20 Å². The summed E-state index contributed by atoms with van der Waals surface area (Å²) in [6.45, 7) is 2.82. The molecule has 0 unspecified atom stereocenters. The fraction of sp³-hybridized carbons (Fsp3) is 0.643. The molecule has 9 heteroatoms. The molecule has 0 aromatic carbocycles. The minimum Gasteiger partial charge on any atom is -0.347 e. The van der Waals surface area contributed by atoms with Crippen molar-refractivity contribution in [1.82, 2.24) is 19.6 Å². The summed E-state index contributed by atoms with van der Waals surface area (Å²) < 4.78 is 25.1. The summed E-state index contributed by atoms with van der Waals surface area (Å²) in [5.74, 6) is 0.459. The van der Waals surface area contributed by atoms with Gasteiger partial charge in [-0.25, -0.2) is 23.1 Å². The first-order valence-electron chi connectivity index (χ1n) is 7.45. The number of carbonyl (C=O) groups excluding carboxylic acids is 1. The molecular weight excluding hydrogens is 318 g/mol. The molecule has 1 aromatic heterocycles. The third kappa shape index (κ3) is 4.61. The van der Waals surface area contributed by atoms with E-state index in [1.54, 1.807) is 22.9 Å². The van der Waals surface area contributed by atoms with Crippen LogP contribution >= 0.6 is 0 Å². The Morgan fingerprint density at radius 2 is 1.96 bits per heavy atom. The Balaban J connectivity index is 2.03. The minimum absolute atomic E-state index is 0.106. The van der Waals surface area contributed by atoms with E-state index in [0.29, 0.717) is 43.1 Å². The Kier molecular flexibility index (Phi) is 5.20. The van der Waals surface area contributed by atoms with E-state index in [4.69, 9.17) is 0 Å². The Bertz CT molecular complexity index is 682. The molecular formula is C14H23N5O3S. The number of hydrogen-bond acceptors (Lipinski definition) is 6. The number of carbonyl (C=O) groups is 1. The highest BCUT2D eigenvalue weighted by atomic mass is 32.2. The molecule has 1 N–H and O–H groups in total. The predicted octanol–water partition coefficient (Wildman–Crippen LogP) is 0.00482. The van der Waals surface area contributed by atoms with Crippen LogP contribution in [0, 0.1) is 6.92 Å². The zero-order valence-electron chi connectivity index (χ0n) is 13.9. The van der Waals surface area contributed by atoms with Crippen LogP contribution in [-0.2, 0) is 10.0 Å². The third-order valence-electron chi connectivity index (χ3n) is 3.76. The number of rotatable bonds is 4. The van der Waals surface area contributed by atoms with Crippen molar-refractivity contribution < 1.29 is 13.2 Å². The molecule has 0 bridgehead atoms. The molecule has 23 heavy (non-hydrogen) atoms. The van der Waals surface area contributed by atoms with Gasteiger partial charge in [0.05, 0.1) is 17.5 Å². The molecule has 8 nitrogen and oxygen atoms in total. The van der Waals surface area contributed by atoms with Crippen LogP contribution in [0.5, 0.6) is 0 Å². The second-order valence-electron chi connectivity index (χ2n) is 6.02. The van der Waals surface area contributed by atoms with Gasteiger partial charge in [-0.15, -0.1) is 0 Å². The summed E-state index contributed by atoms with van der Waals surface area (Å²) in [6, 6.07) is -0.109. The quantitative estimate of drug-likeness (QED) is 0.828. The molecule has 0 saturated carbocycles. The van der Waals surface area contributed by atoms with Crippen molar-refractivity contribution in [2.75, 3.05) is 38.3 Å². The zero-order chi connectivity index (χ0) is 17.2. The standard InChI is InChI=1S/C14H23N5O3S/c1-10-12(9-15-14(16-10)18(2)3)13(20)19-7-5-11(6-8-19)17-23(4,21)22/h9,11,17H,5-8H2,1-4H3. The lowest BCUT2D eigenvalue weighted by molar-refractivity contribution is 0.0709. The smallest absolute Gasteiger partial charge is 0.257 e. The van der Waals surface area contributed by atoms with Gasteiger partial charge in [0, 0.05) is 39.4 Å². The van der Waals surface area contributed by atoms with E-state index in [1.165, 1.54) is 0 Å². The van der Waals surface area contributed by atoms with Crippen LogP contribution in [0.1, 0.15) is 28.9 Å². The monoisotopic (exact) mass is 341 g/mol. The summed E-state index contributed by atoms with van der Waals surface area (Å²) in [6.07, 6.45) is 3.92. The number of aromatic nitrogens is 2. The van der Waals surface area contributed by atoms with Crippen molar-refractivity contribution in [3.63, 3.8) is 0 Å². The number of aryl methyl sites for hydroxylation is 1. The molecule has 128 valence electrons. The second-order valence-corrected chi connectivity index (χ2v) is 7.80. The van der Waals surface area contributed by atoms with Gasteiger partial charge in [-0.2, -0.15) is 0 Å². The Labute approximate surface area is 137 Å². The SMILES string of the molecule is Cc1nc(N(C)C)ncc1C(=O)N1CCC(NS(C)(=O)=O)CC1. The van der Waals surface area contributed by atoms with E-state index in [1.807, 2.05) is 14.1 Å². The maximum atomic E-state index is 12.6. The highest BCUT2D eigenvalue weighted by molar-refractivity contribution is 7.88. The number of likely N-dealkylation sites (tertiary alicyclic amines) is 1. The number of anilines is 1. The van der Waals surface area contributed by atoms with Crippen LogP contribution in [-0.4, -0.2) is 68.7 Å². The number of nitrogens with one attached hydrogen (secondary N) is 1. The molecule has 0 aliphatic carbocycles. The molecule has 1 aliphatic rings. The third-order valence-corrected chi connectivity index (χ3v) is 4.52. The molecule has 2 rings (SSSR count). The largest absolute Gasteiger partial charge is 0.347 e. The highest BCUT2D eigenvalue weighted by Crippen LogP contribution is 2.16. The normalized spacial score (nSPS) is 16.4. The van der Waals surface area contributed by atoms with Gasteiger partial charge >= 0.3 is 0 Å². The Morgan fingerprint density at radius 3 is 2.43 bits per heavy atom. The number of sulfonamides is 1. The van der Waals surface area contributed by atoms with Crippen molar-refractivity contribution in [2.24, 2.45) is 0 Å². The van der Waals surface area contributed by atoms with E-state index in [-0.39, 0.29) is 11.9 Å². The Morgan fingerprint density at radius 1 is 1.35 bits per heavy atom. The average Bonchev–Trinajstić information content (AvgIpc) is 2.45. The molecule has 1 saturated heterocycles. The van der Waals surface area contributed by atoms with Gasteiger partial charge in [0.1, 0.15) is 0 Å². The second kappa shape index (κ2) is 6.79. The zero-order valence-corrected chi connectivity index (χ0v) is 14.7. The van der Waals surface area contributed by atoms with E-state index >= 15 is 0 Å². The molecule has 0 radical (unpaired) electrons. The average molecular weight is 341 g/mol. The van der Waals surface area contributed by atoms with Crippen molar-refractivity contribution in [2.45, 2.75) is 25.8 Å². The van der Waals surface area contributed by atoms with Gasteiger partial charge in [0.25, 0.3) is 5.91 Å². The van der Waals surface area contributed by atoms with Crippen molar-refractivity contribution >= 4 is 21.9 Å². The lowest BCUT2D eigenvalue weighted by Crippen LogP contribution is -2.46. The minimum atomic E-state index is -3.21. The van der Waals surface area contributed by atoms with Crippen LogP contribution in [0.2, 0.25) is 0 Å². The van der Waals surface area contributed by atoms with Crippen LogP contribution in [0.3, 0.4) is 0 Å². The maximum Gasteiger partial charge on any atom is 0.257 e. The van der Waals surface area contributed by atoms with Gasteiger partial charge in [-0.05, 0) is 19.8 Å². The molecule has 1 amide bonds. The molecule has 1 fully saturated rings. The molecule has 2 heterocycles. The van der Waals surface area contributed by atoms with Gasteiger partial charge in [0.15, 0.2) is 0 Å². The van der Waals surface area contributed by atoms with Crippen LogP contribution in [0.25, 0.3) is 0 Å². The molecule has 0 atom stereocenters. The van der Waals surface area contributed by atoms with Crippen LogP contribution in [0.4, 0.5) is 5.95 Å². The number of nitrogens with zero attached hydrogens (tertiary/aromatic N) is 4. The fourth-order valence-corrected chi connectivity index (χ4v) is 3.39. The van der Waals surface area contributed by atoms with E-state index in [0.717, 1.165) is 6.26 Å². The van der Waals surface area contributed by atoms with E-state index in [9.17, 15) is 13.2 Å². The van der Waals surface area contributed by atoms with E-state index < -0.39 is 10.0 Å². The fourth-order valence-electron chi connectivity index (χ4n) is 2.55. The summed E-state index contributed by atoms with van der Waals surface area (Å²) >= 11 is 0. The summed E-state index contributed by atoms with van der Waals surface area (Å²) in [4.78, 5) is 24.6. The first-order chi connectivity index (χ1) is 10.7. The molecule has 1 aromatic rings. The summed E-state index contributed by atoms with van der Waals surface area (Å²) in [5, 5.41) is 0. The number of amides is 1. The van der Waals surface area contributed by atoms with Gasteiger partial charge in [-0.1, -0.05) is 0 Å². The van der Waals surface area contributed by atoms with Crippen molar-refractivity contribution in [3.8, 4) is 0 Å². The maximum absolute atomic E-state index is 12.6. The first-order valence-corrected chi connectivity index (χ1v) is 9.34. The predicted molar refractivity (Wildman–Crippen MR) is 88.0 cm³/mol. The highest BCUT2D eigenvalue weighted by Gasteiger charge is 2.26. The van der Waals surface area contributed by atoms with E-state index in [2.05, 4.69) is 14.7 Å². The molecule has 1 aliphatic heterocycles. The molecule has 0 spiro atoms. The topological polar surface area (TPSA) is 95.5 Å². The Hall–Kier alpha value is -1.74. The lowest BCUT2D eigenvalue weighted by atomic mass is 10.1. The number of hydrogen-bond donors (Lipinski definition) is 1. The lowest BCUT2D eigenvalue weighted by Gasteiger charge is -2.32. The summed E-state index contributed by atoms with van der Waals surface area (Å²) in [7, 11) is 0.475. The van der Waals surface area contributed by atoms with Gasteiger partial charge in [-0.3, -0.25) is 4.79 Å². The van der Waals surface area contributed by atoms with Gasteiger partial charge < -0.3 is 9.80 Å². The van der Waals surface area contributed by atoms with Crippen LogP contribution < -0.4 is 9.62 Å².